The molecule has 0 unspecified atom stereocenters. The van der Waals surface area contributed by atoms with Gasteiger partial charge in [-0.25, -0.2) is 0 Å². The van der Waals surface area contributed by atoms with Gasteiger partial charge in [0.25, 0.3) is 0 Å². The molecule has 1 fully saturated rings. The van der Waals surface area contributed by atoms with Crippen molar-refractivity contribution in [1.29, 1.82) is 0 Å². The first-order valence-corrected chi connectivity index (χ1v) is 4.07. The average Bonchev–Trinajstić information content (AvgIpc) is 2.36. The normalized spacial score (nSPS) is 21.7. The van der Waals surface area contributed by atoms with Crippen LogP contribution in [0.3, 0.4) is 0 Å². The number of hydrogen-bond donors (Lipinski definition) is 0. The van der Waals surface area contributed by atoms with E-state index in [0.29, 0.717) is 0 Å². The second-order valence-corrected chi connectivity index (χ2v) is 4.95. The first-order chi connectivity index (χ1) is 4.75. The summed E-state index contributed by atoms with van der Waals surface area (Å²) in [6.07, 6.45) is 0. The van der Waals surface area contributed by atoms with E-state index < -0.39 is 0 Å². The fourth-order valence-electron chi connectivity index (χ4n) is 1.10. The Bertz CT molecular complexity index is 188. The number of rotatable bonds is 0. The lowest BCUT2D eigenvalue weighted by Crippen LogP contribution is -2.30. The molecule has 1 aliphatic heterocycles. The molecule has 0 aromatic heterocycles. The summed E-state index contributed by atoms with van der Waals surface area (Å²) in [6.45, 7) is 11.0. The van der Waals surface area contributed by atoms with Gasteiger partial charge < -0.3 is 4.90 Å². The van der Waals surface area contributed by atoms with E-state index in [1.165, 1.54) is 0 Å². The van der Waals surface area contributed by atoms with Gasteiger partial charge >= 0.3 is 0 Å². The van der Waals surface area contributed by atoms with Crippen LogP contribution >= 0.6 is 0 Å². The smallest absolute Gasteiger partial charge is 0.228 e. The monoisotopic (exact) mass is 155 g/mol. The Kier molecular flexibility index (Phi) is 1.55. The topological polar surface area (TPSA) is 20.1 Å². The molecule has 1 rings (SSSR count). The van der Waals surface area contributed by atoms with Crippen LogP contribution in [0, 0.1) is 5.41 Å². The molecule has 0 saturated carbocycles. The van der Waals surface area contributed by atoms with Crippen molar-refractivity contribution >= 4 is 5.91 Å². The summed E-state index contributed by atoms with van der Waals surface area (Å²) in [5, 5.41) is 0. The molecule has 0 N–H and O–H groups in total. The largest absolute Gasteiger partial charge is 0.333 e. The minimum Gasteiger partial charge on any atom is -0.333 e. The molecule has 1 aliphatic rings. The standard InChI is InChI=1S/C9H17NO/c1-8(2,3)7(11)10-6-9(10,4)5/h6H2,1-5H3. The summed E-state index contributed by atoms with van der Waals surface area (Å²) in [7, 11) is 0. The summed E-state index contributed by atoms with van der Waals surface area (Å²) in [5.74, 6) is 0.266. The Balaban J connectivity index is 2.60. The van der Waals surface area contributed by atoms with E-state index >= 15 is 0 Å². The van der Waals surface area contributed by atoms with Gasteiger partial charge in [-0.2, -0.15) is 0 Å². The van der Waals surface area contributed by atoms with Crippen LogP contribution in [0.15, 0.2) is 0 Å². The summed E-state index contributed by atoms with van der Waals surface area (Å²) in [4.78, 5) is 13.5. The summed E-state index contributed by atoms with van der Waals surface area (Å²) in [5.41, 5.74) is -0.0852. The van der Waals surface area contributed by atoms with Crippen LogP contribution in [0.4, 0.5) is 0 Å². The van der Waals surface area contributed by atoms with Gasteiger partial charge in [0.05, 0.1) is 5.54 Å². The zero-order valence-corrected chi connectivity index (χ0v) is 8.06. The molecule has 0 radical (unpaired) electrons. The molecule has 1 amide bonds. The van der Waals surface area contributed by atoms with Gasteiger partial charge in [0.1, 0.15) is 0 Å². The maximum Gasteiger partial charge on any atom is 0.228 e. The van der Waals surface area contributed by atoms with E-state index in [1.54, 1.807) is 0 Å². The highest BCUT2D eigenvalue weighted by molar-refractivity contribution is 5.84. The molecule has 0 aromatic carbocycles. The van der Waals surface area contributed by atoms with Crippen LogP contribution in [0.25, 0.3) is 0 Å². The molecular formula is C9H17NO. The predicted molar refractivity (Wildman–Crippen MR) is 45.2 cm³/mol. The molecule has 1 heterocycles. The van der Waals surface area contributed by atoms with Crippen molar-refractivity contribution in [3.05, 3.63) is 0 Å². The van der Waals surface area contributed by atoms with Crippen LogP contribution < -0.4 is 0 Å². The molecule has 0 spiro atoms. The molecule has 11 heavy (non-hydrogen) atoms. The van der Waals surface area contributed by atoms with Crippen LogP contribution in [0.2, 0.25) is 0 Å². The number of nitrogens with zero attached hydrogens (tertiary/aromatic N) is 1. The van der Waals surface area contributed by atoms with E-state index in [4.69, 9.17) is 0 Å². The molecule has 0 aromatic rings. The van der Waals surface area contributed by atoms with Crippen LogP contribution in [-0.4, -0.2) is 22.9 Å². The third-order valence-corrected chi connectivity index (χ3v) is 2.06. The third kappa shape index (κ3) is 1.55. The quantitative estimate of drug-likeness (QED) is 0.487. The first kappa shape index (κ1) is 8.57. The Hall–Kier alpha value is -0.530. The summed E-state index contributed by atoms with van der Waals surface area (Å²) < 4.78 is 0. The molecule has 64 valence electrons. The minimum atomic E-state index is -0.215. The van der Waals surface area contributed by atoms with Gasteiger partial charge in [0, 0.05) is 12.0 Å². The van der Waals surface area contributed by atoms with Gasteiger partial charge in [-0.15, -0.1) is 0 Å². The van der Waals surface area contributed by atoms with Crippen molar-refractivity contribution in [2.75, 3.05) is 6.54 Å². The predicted octanol–water partition coefficient (Wildman–Crippen LogP) is 1.65. The van der Waals surface area contributed by atoms with Crippen molar-refractivity contribution in [3.8, 4) is 0 Å². The third-order valence-electron chi connectivity index (χ3n) is 2.06. The fourth-order valence-corrected chi connectivity index (χ4v) is 1.10. The lowest BCUT2D eigenvalue weighted by molar-refractivity contribution is -0.134. The van der Waals surface area contributed by atoms with Crippen LogP contribution in [0.1, 0.15) is 34.6 Å². The molecule has 1 saturated heterocycles. The first-order valence-electron chi connectivity index (χ1n) is 4.07. The number of hydrogen-bond acceptors (Lipinski definition) is 1. The Morgan fingerprint density at radius 1 is 1.36 bits per heavy atom. The average molecular weight is 155 g/mol. The maximum absolute atomic E-state index is 11.6. The van der Waals surface area contributed by atoms with Crippen molar-refractivity contribution in [2.24, 2.45) is 5.41 Å². The van der Waals surface area contributed by atoms with Crippen molar-refractivity contribution in [2.45, 2.75) is 40.2 Å². The Labute approximate surface area is 68.6 Å². The zero-order valence-electron chi connectivity index (χ0n) is 8.06. The molecule has 2 heteroatoms. The van der Waals surface area contributed by atoms with E-state index in [9.17, 15) is 4.79 Å². The highest BCUT2D eigenvalue weighted by atomic mass is 16.2. The highest BCUT2D eigenvalue weighted by Crippen LogP contribution is 2.35. The molecule has 2 nitrogen and oxygen atoms in total. The minimum absolute atomic E-state index is 0.129. The molecule has 0 bridgehead atoms. The SMILES string of the molecule is CC(C)(C)C(=O)N1CC1(C)C. The Morgan fingerprint density at radius 2 is 1.73 bits per heavy atom. The van der Waals surface area contributed by atoms with Gasteiger partial charge in [-0.3, -0.25) is 4.79 Å². The summed E-state index contributed by atoms with van der Waals surface area (Å²) >= 11 is 0. The maximum atomic E-state index is 11.6. The van der Waals surface area contributed by atoms with Crippen molar-refractivity contribution in [1.82, 2.24) is 4.90 Å². The second-order valence-electron chi connectivity index (χ2n) is 4.95. The van der Waals surface area contributed by atoms with Gasteiger partial charge in [0.15, 0.2) is 0 Å². The van der Waals surface area contributed by atoms with Crippen molar-refractivity contribution < 1.29 is 4.79 Å². The lowest BCUT2D eigenvalue weighted by Gasteiger charge is -2.19. The Morgan fingerprint density at radius 3 is 1.82 bits per heavy atom. The van der Waals surface area contributed by atoms with Crippen LogP contribution in [0.5, 0.6) is 0 Å². The van der Waals surface area contributed by atoms with E-state index in [2.05, 4.69) is 13.8 Å². The lowest BCUT2D eigenvalue weighted by atomic mass is 9.95. The van der Waals surface area contributed by atoms with Gasteiger partial charge in [0.2, 0.25) is 5.91 Å². The van der Waals surface area contributed by atoms with Gasteiger partial charge in [-0.1, -0.05) is 20.8 Å². The van der Waals surface area contributed by atoms with Crippen molar-refractivity contribution in [3.63, 3.8) is 0 Å². The van der Waals surface area contributed by atoms with E-state index in [0.717, 1.165) is 6.54 Å². The number of carbonyl (C=O) groups is 1. The van der Waals surface area contributed by atoms with E-state index in [1.807, 2.05) is 25.7 Å². The fraction of sp³-hybridized carbons (Fsp3) is 0.889. The summed E-state index contributed by atoms with van der Waals surface area (Å²) in [6, 6.07) is 0. The second kappa shape index (κ2) is 1.99. The number of carbonyl (C=O) groups excluding carboxylic acids is 1. The van der Waals surface area contributed by atoms with Crippen LogP contribution in [-0.2, 0) is 4.79 Å². The molecular weight excluding hydrogens is 138 g/mol. The highest BCUT2D eigenvalue weighted by Gasteiger charge is 2.49. The molecule has 0 atom stereocenters. The van der Waals surface area contributed by atoms with Gasteiger partial charge in [-0.05, 0) is 13.8 Å². The number of amides is 1. The zero-order chi connectivity index (χ0) is 8.86. The van der Waals surface area contributed by atoms with E-state index in [-0.39, 0.29) is 16.9 Å². The molecule has 0 aliphatic carbocycles.